The Morgan fingerprint density at radius 1 is 1.34 bits per heavy atom. The summed E-state index contributed by atoms with van der Waals surface area (Å²) in [6.45, 7) is 1.30. The van der Waals surface area contributed by atoms with Crippen molar-refractivity contribution in [3.63, 3.8) is 0 Å². The van der Waals surface area contributed by atoms with E-state index in [1.54, 1.807) is 31.2 Å². The van der Waals surface area contributed by atoms with Gasteiger partial charge in [0.05, 0.1) is 25.2 Å². The first kappa shape index (κ1) is 21.8. The summed E-state index contributed by atoms with van der Waals surface area (Å²) in [5, 5.41) is 10.8. The average Bonchev–Trinajstić information content (AvgIpc) is 2.64. The molecule has 1 aromatic heterocycles. The third kappa shape index (κ3) is 5.07. The van der Waals surface area contributed by atoms with Crippen LogP contribution in [0.25, 0.3) is 0 Å². The van der Waals surface area contributed by atoms with Gasteiger partial charge in [0.25, 0.3) is 5.16 Å². The molecule has 2 rings (SSSR count). The predicted molar refractivity (Wildman–Crippen MR) is 102 cm³/mol. The number of anilines is 2. The Balaban J connectivity index is 2.70. The third-order valence-electron chi connectivity index (χ3n) is 3.60. The van der Waals surface area contributed by atoms with E-state index >= 15 is 0 Å². The normalized spacial score (nSPS) is 11.0. The molecule has 1 aromatic carbocycles. The van der Waals surface area contributed by atoms with Crippen molar-refractivity contribution in [2.45, 2.75) is 18.6 Å². The lowest BCUT2D eigenvalue weighted by Crippen LogP contribution is -2.33. The number of carbonyl (C=O) groups is 1. The molecule has 2 aromatic rings. The second-order valence-corrected chi connectivity index (χ2v) is 7.64. The summed E-state index contributed by atoms with van der Waals surface area (Å²) in [6.07, 6.45) is -0.162. The molecule has 0 spiro atoms. The van der Waals surface area contributed by atoms with Crippen LogP contribution in [0.3, 0.4) is 0 Å². The fourth-order valence-electron chi connectivity index (χ4n) is 2.35. The van der Waals surface area contributed by atoms with Crippen LogP contribution in [0.4, 0.5) is 22.1 Å². The zero-order valence-corrected chi connectivity index (χ0v) is 16.7. The number of amides is 1. The van der Waals surface area contributed by atoms with E-state index in [0.717, 1.165) is 11.2 Å². The molecule has 156 valence electrons. The van der Waals surface area contributed by atoms with E-state index in [1.165, 1.54) is 7.11 Å². The smallest absolute Gasteiger partial charge is 0.415 e. The minimum absolute atomic E-state index is 0.0270. The molecule has 2 N–H and O–H groups in total. The molecule has 13 heteroatoms. The number of hydrogen-bond donors (Lipinski definition) is 1. The fourth-order valence-corrected chi connectivity index (χ4v) is 2.87. The lowest BCUT2D eigenvalue weighted by atomic mass is 10.2. The van der Waals surface area contributed by atoms with Gasteiger partial charge in [0.2, 0.25) is 21.5 Å². The maximum atomic E-state index is 12.5. The zero-order valence-electron chi connectivity index (χ0n) is 15.9. The monoisotopic (exact) mass is 425 g/mol. The highest BCUT2D eigenvalue weighted by Gasteiger charge is 2.33. The van der Waals surface area contributed by atoms with Crippen molar-refractivity contribution >= 4 is 33.3 Å². The molecule has 0 aliphatic rings. The molecule has 1 heterocycles. The summed E-state index contributed by atoms with van der Waals surface area (Å²) in [7, 11) is -2.51. The summed E-state index contributed by atoms with van der Waals surface area (Å²) in [4.78, 5) is 31.2. The van der Waals surface area contributed by atoms with Crippen LogP contribution in [0.2, 0.25) is 0 Å². The standard InChI is InChI=1S/C16H19N5O7S/c1-4-28-16(22)20(9-10-6-5-7-11(8-10)27-2)14-12(21(23)24)13(17)18-15(19-14)29(3,25)26/h5-8H,4,9H2,1-3H3,(H2,17,18,19). The van der Waals surface area contributed by atoms with Crippen LogP contribution in [-0.2, 0) is 21.1 Å². The highest BCUT2D eigenvalue weighted by Crippen LogP contribution is 2.33. The highest BCUT2D eigenvalue weighted by molar-refractivity contribution is 7.90. The number of hydrogen-bond acceptors (Lipinski definition) is 10. The topological polar surface area (TPSA) is 168 Å². The van der Waals surface area contributed by atoms with Gasteiger partial charge in [0, 0.05) is 6.26 Å². The van der Waals surface area contributed by atoms with Gasteiger partial charge in [-0.15, -0.1) is 0 Å². The number of methoxy groups -OCH3 is 1. The Hall–Kier alpha value is -3.48. The molecular weight excluding hydrogens is 406 g/mol. The summed E-state index contributed by atoms with van der Waals surface area (Å²) in [5.74, 6) is -0.801. The Labute approximate surface area is 166 Å². The SMILES string of the molecule is CCOC(=O)N(Cc1cccc(OC)c1)c1nc(S(C)(=O)=O)nc(N)c1[N+](=O)[O-]. The van der Waals surface area contributed by atoms with Crippen LogP contribution in [0.5, 0.6) is 5.75 Å². The molecule has 0 aliphatic carbocycles. The van der Waals surface area contributed by atoms with Gasteiger partial charge in [-0.3, -0.25) is 15.0 Å². The Morgan fingerprint density at radius 2 is 2.03 bits per heavy atom. The molecule has 0 saturated heterocycles. The minimum Gasteiger partial charge on any atom is -0.497 e. The van der Waals surface area contributed by atoms with Gasteiger partial charge in [-0.2, -0.15) is 9.97 Å². The van der Waals surface area contributed by atoms with E-state index in [2.05, 4.69) is 9.97 Å². The van der Waals surface area contributed by atoms with Crippen molar-refractivity contribution in [1.82, 2.24) is 9.97 Å². The summed E-state index contributed by atoms with van der Waals surface area (Å²) in [6, 6.07) is 6.57. The molecule has 0 atom stereocenters. The average molecular weight is 425 g/mol. The number of rotatable bonds is 7. The van der Waals surface area contributed by atoms with Crippen LogP contribution < -0.4 is 15.4 Å². The van der Waals surface area contributed by atoms with Gasteiger partial charge < -0.3 is 15.2 Å². The molecule has 1 amide bonds. The maximum Gasteiger partial charge on any atom is 0.415 e. The van der Waals surface area contributed by atoms with Crippen LogP contribution in [0, 0.1) is 10.1 Å². The van der Waals surface area contributed by atoms with Gasteiger partial charge in [-0.1, -0.05) is 12.1 Å². The summed E-state index contributed by atoms with van der Waals surface area (Å²) < 4.78 is 33.9. The number of nitrogens with zero attached hydrogens (tertiary/aromatic N) is 4. The first-order valence-electron chi connectivity index (χ1n) is 8.17. The molecule has 0 saturated carbocycles. The Kier molecular flexibility index (Phi) is 6.53. The molecule has 0 radical (unpaired) electrons. The van der Waals surface area contributed by atoms with Crippen LogP contribution in [0.1, 0.15) is 12.5 Å². The van der Waals surface area contributed by atoms with Gasteiger partial charge in [0.1, 0.15) is 5.75 Å². The number of aromatic nitrogens is 2. The van der Waals surface area contributed by atoms with E-state index in [0.29, 0.717) is 11.3 Å². The van der Waals surface area contributed by atoms with E-state index in [1.807, 2.05) is 0 Å². The zero-order chi connectivity index (χ0) is 21.8. The number of nitrogen functional groups attached to an aromatic ring is 1. The molecule has 0 unspecified atom stereocenters. The summed E-state index contributed by atoms with van der Waals surface area (Å²) in [5.41, 5.74) is 5.32. The van der Waals surface area contributed by atoms with Crippen LogP contribution in [0.15, 0.2) is 29.4 Å². The van der Waals surface area contributed by atoms with Gasteiger partial charge >= 0.3 is 11.8 Å². The Bertz CT molecular complexity index is 1040. The number of nitro groups is 1. The number of nitrogens with two attached hydrogens (primary N) is 1. The van der Waals surface area contributed by atoms with Crippen LogP contribution in [-0.4, -0.2) is 49.4 Å². The van der Waals surface area contributed by atoms with E-state index < -0.39 is 43.3 Å². The lowest BCUT2D eigenvalue weighted by Gasteiger charge is -2.21. The largest absolute Gasteiger partial charge is 0.497 e. The number of sulfone groups is 1. The van der Waals surface area contributed by atoms with Crippen molar-refractivity contribution < 1.29 is 27.6 Å². The number of benzene rings is 1. The van der Waals surface area contributed by atoms with Crippen molar-refractivity contribution in [1.29, 1.82) is 0 Å². The Morgan fingerprint density at radius 3 is 2.59 bits per heavy atom. The van der Waals surface area contributed by atoms with Crippen molar-refractivity contribution in [2.24, 2.45) is 0 Å². The minimum atomic E-state index is -3.97. The second-order valence-electron chi connectivity index (χ2n) is 5.73. The van der Waals surface area contributed by atoms with Crippen LogP contribution >= 0.6 is 0 Å². The highest BCUT2D eigenvalue weighted by atomic mass is 32.2. The van der Waals surface area contributed by atoms with Gasteiger partial charge in [-0.05, 0) is 24.6 Å². The first-order valence-corrected chi connectivity index (χ1v) is 10.1. The maximum absolute atomic E-state index is 12.5. The van der Waals surface area contributed by atoms with Gasteiger partial charge in [-0.25, -0.2) is 13.2 Å². The molecule has 29 heavy (non-hydrogen) atoms. The number of ether oxygens (including phenoxy) is 2. The lowest BCUT2D eigenvalue weighted by molar-refractivity contribution is -0.383. The first-order chi connectivity index (χ1) is 13.6. The predicted octanol–water partition coefficient (Wildman–Crippen LogP) is 1.54. The van der Waals surface area contributed by atoms with E-state index in [4.69, 9.17) is 15.2 Å². The molecule has 0 aliphatic heterocycles. The fraction of sp³-hybridized carbons (Fsp3) is 0.312. The van der Waals surface area contributed by atoms with Gasteiger partial charge in [0.15, 0.2) is 0 Å². The quantitative estimate of drug-likeness (QED) is 0.390. The van der Waals surface area contributed by atoms with E-state index in [9.17, 15) is 23.3 Å². The van der Waals surface area contributed by atoms with Crippen molar-refractivity contribution in [2.75, 3.05) is 30.6 Å². The van der Waals surface area contributed by atoms with Crippen molar-refractivity contribution in [3.8, 4) is 5.75 Å². The molecule has 0 bridgehead atoms. The van der Waals surface area contributed by atoms with E-state index in [-0.39, 0.29) is 13.2 Å². The molecular formula is C16H19N5O7S. The molecule has 0 fully saturated rings. The molecule has 12 nitrogen and oxygen atoms in total. The number of carbonyl (C=O) groups excluding carboxylic acids is 1. The second kappa shape index (κ2) is 8.68. The summed E-state index contributed by atoms with van der Waals surface area (Å²) >= 11 is 0. The third-order valence-corrected chi connectivity index (χ3v) is 4.45. The van der Waals surface area contributed by atoms with Crippen molar-refractivity contribution in [3.05, 3.63) is 39.9 Å².